The number of aromatic nitrogens is 5. The predicted molar refractivity (Wildman–Crippen MR) is 108 cm³/mol. The topological polar surface area (TPSA) is 71.7 Å². The highest BCUT2D eigenvalue weighted by Gasteiger charge is 2.24. The number of hydrogen-bond acceptors (Lipinski definition) is 7. The molecule has 0 saturated carbocycles. The van der Waals surface area contributed by atoms with Crippen molar-refractivity contribution in [2.24, 2.45) is 0 Å². The van der Waals surface area contributed by atoms with E-state index < -0.39 is 0 Å². The molecular weight excluding hydrogens is 354 g/mol. The molecule has 1 saturated heterocycles. The number of anilines is 2. The Bertz CT molecular complexity index is 1150. The monoisotopic (exact) mass is 375 g/mol. The van der Waals surface area contributed by atoms with Crippen LogP contribution < -0.4 is 14.5 Å². The van der Waals surface area contributed by atoms with Crippen molar-refractivity contribution in [2.75, 3.05) is 43.1 Å². The van der Waals surface area contributed by atoms with Gasteiger partial charge < -0.3 is 14.5 Å². The van der Waals surface area contributed by atoms with E-state index in [1.807, 2.05) is 24.3 Å². The maximum atomic E-state index is 5.52. The minimum Gasteiger partial charge on any atom is -0.495 e. The third-order valence-corrected chi connectivity index (χ3v) is 5.26. The van der Waals surface area contributed by atoms with Crippen LogP contribution in [-0.4, -0.2) is 58.3 Å². The van der Waals surface area contributed by atoms with E-state index in [-0.39, 0.29) is 0 Å². The quantitative estimate of drug-likeness (QED) is 0.544. The Morgan fingerprint density at radius 2 is 1.75 bits per heavy atom. The molecule has 0 atom stereocenters. The summed E-state index contributed by atoms with van der Waals surface area (Å²) in [5.41, 5.74) is 4.80. The molecule has 142 valence electrons. The lowest BCUT2D eigenvalue weighted by Gasteiger charge is -2.37. The van der Waals surface area contributed by atoms with Crippen LogP contribution in [0.1, 0.15) is 5.56 Å². The summed E-state index contributed by atoms with van der Waals surface area (Å²) in [7, 11) is 1.71. The van der Waals surface area contributed by atoms with Gasteiger partial charge in [-0.25, -0.2) is 4.98 Å². The van der Waals surface area contributed by atoms with E-state index in [1.165, 1.54) is 0 Å². The van der Waals surface area contributed by atoms with E-state index in [0.717, 1.165) is 60.0 Å². The number of piperazine rings is 1. The van der Waals surface area contributed by atoms with Crippen LogP contribution in [0, 0.1) is 6.92 Å². The van der Waals surface area contributed by atoms with Crippen molar-refractivity contribution < 1.29 is 4.74 Å². The maximum Gasteiger partial charge on any atom is 0.222 e. The first-order valence-electron chi connectivity index (χ1n) is 9.36. The van der Waals surface area contributed by atoms with Gasteiger partial charge in [0, 0.05) is 26.2 Å². The van der Waals surface area contributed by atoms with Crippen LogP contribution in [-0.2, 0) is 0 Å². The highest BCUT2D eigenvalue weighted by molar-refractivity contribution is 5.83. The van der Waals surface area contributed by atoms with Crippen LogP contribution >= 0.6 is 0 Å². The van der Waals surface area contributed by atoms with Crippen molar-refractivity contribution in [1.29, 1.82) is 0 Å². The molecule has 0 radical (unpaired) electrons. The molecule has 2 aromatic heterocycles. The van der Waals surface area contributed by atoms with Gasteiger partial charge in [-0.1, -0.05) is 18.2 Å². The van der Waals surface area contributed by atoms with E-state index in [2.05, 4.69) is 50.4 Å². The number of hydrogen-bond donors (Lipinski definition) is 0. The molecule has 1 aliphatic heterocycles. The third kappa shape index (κ3) is 2.69. The average molecular weight is 375 g/mol. The zero-order valence-corrected chi connectivity index (χ0v) is 15.9. The molecule has 5 rings (SSSR count). The van der Waals surface area contributed by atoms with E-state index in [4.69, 9.17) is 9.72 Å². The fraction of sp³-hybridized carbons (Fsp3) is 0.300. The first kappa shape index (κ1) is 16.7. The van der Waals surface area contributed by atoms with Crippen LogP contribution in [0.25, 0.3) is 16.7 Å². The molecule has 0 amide bonds. The standard InChI is InChI=1S/C20H21N7O/c1-14-7-8-15-17(13-14)27-20(22-23-24-27)19(21-15)26-11-9-25(10-12-26)16-5-3-4-6-18(16)28-2/h3-8,13H,9-12H2,1-2H3. The molecule has 4 aromatic rings. The molecule has 0 bridgehead atoms. The second kappa shape index (κ2) is 6.63. The summed E-state index contributed by atoms with van der Waals surface area (Å²) in [6.45, 7) is 5.49. The number of tetrazole rings is 1. The van der Waals surface area contributed by atoms with Gasteiger partial charge in [-0.05, 0) is 47.2 Å². The van der Waals surface area contributed by atoms with Crippen molar-refractivity contribution in [3.05, 3.63) is 48.0 Å². The summed E-state index contributed by atoms with van der Waals surface area (Å²) in [5.74, 6) is 1.74. The second-order valence-electron chi connectivity index (χ2n) is 6.99. The smallest absolute Gasteiger partial charge is 0.222 e. The highest BCUT2D eigenvalue weighted by atomic mass is 16.5. The van der Waals surface area contributed by atoms with Crippen LogP contribution in [0.5, 0.6) is 5.75 Å². The summed E-state index contributed by atoms with van der Waals surface area (Å²) in [5, 5.41) is 12.3. The Morgan fingerprint density at radius 1 is 0.964 bits per heavy atom. The van der Waals surface area contributed by atoms with Gasteiger partial charge in [-0.3, -0.25) is 0 Å². The zero-order chi connectivity index (χ0) is 19.1. The van der Waals surface area contributed by atoms with Crippen LogP contribution in [0.3, 0.4) is 0 Å². The Labute approximate surface area is 162 Å². The molecule has 0 spiro atoms. The fourth-order valence-corrected chi connectivity index (χ4v) is 3.81. The van der Waals surface area contributed by atoms with Crippen molar-refractivity contribution in [3.63, 3.8) is 0 Å². The van der Waals surface area contributed by atoms with Crippen molar-refractivity contribution in [3.8, 4) is 5.75 Å². The zero-order valence-electron chi connectivity index (χ0n) is 15.9. The lowest BCUT2D eigenvalue weighted by Crippen LogP contribution is -2.47. The summed E-state index contributed by atoms with van der Waals surface area (Å²) in [4.78, 5) is 9.50. The second-order valence-corrected chi connectivity index (χ2v) is 6.99. The molecule has 8 heteroatoms. The number of aryl methyl sites for hydroxylation is 1. The van der Waals surface area contributed by atoms with Gasteiger partial charge in [-0.2, -0.15) is 4.52 Å². The lowest BCUT2D eigenvalue weighted by molar-refractivity contribution is 0.413. The maximum absolute atomic E-state index is 5.52. The normalized spacial score (nSPS) is 14.8. The summed E-state index contributed by atoms with van der Waals surface area (Å²) in [6.07, 6.45) is 0. The van der Waals surface area contributed by atoms with Crippen molar-refractivity contribution in [2.45, 2.75) is 6.92 Å². The Balaban J connectivity index is 1.47. The molecule has 0 N–H and O–H groups in total. The van der Waals surface area contributed by atoms with E-state index in [0.29, 0.717) is 5.65 Å². The van der Waals surface area contributed by atoms with Crippen LogP contribution in [0.4, 0.5) is 11.5 Å². The molecule has 0 unspecified atom stereocenters. The predicted octanol–water partition coefficient (Wildman–Crippen LogP) is 2.32. The molecule has 28 heavy (non-hydrogen) atoms. The van der Waals surface area contributed by atoms with E-state index >= 15 is 0 Å². The molecule has 2 aromatic carbocycles. The molecule has 8 nitrogen and oxygen atoms in total. The Kier molecular flexibility index (Phi) is 3.96. The highest BCUT2D eigenvalue weighted by Crippen LogP contribution is 2.30. The number of benzene rings is 2. The third-order valence-electron chi connectivity index (χ3n) is 5.26. The number of rotatable bonds is 3. The first-order chi connectivity index (χ1) is 13.7. The number of methoxy groups -OCH3 is 1. The van der Waals surface area contributed by atoms with Crippen LogP contribution in [0.15, 0.2) is 42.5 Å². The number of ether oxygens (including phenoxy) is 1. The molecular formula is C20H21N7O. The Hall–Kier alpha value is -3.42. The largest absolute Gasteiger partial charge is 0.495 e. The van der Waals surface area contributed by atoms with Gasteiger partial charge in [0.05, 0.1) is 23.8 Å². The van der Waals surface area contributed by atoms with Crippen molar-refractivity contribution >= 4 is 28.2 Å². The Morgan fingerprint density at radius 3 is 2.57 bits per heavy atom. The SMILES string of the molecule is COc1ccccc1N1CCN(c2nc3ccc(C)cc3n3nnnc23)CC1. The van der Waals surface area contributed by atoms with Gasteiger partial charge in [0.25, 0.3) is 0 Å². The fourth-order valence-electron chi connectivity index (χ4n) is 3.81. The minimum atomic E-state index is 0.698. The number of nitrogens with zero attached hydrogens (tertiary/aromatic N) is 7. The molecule has 0 aliphatic carbocycles. The van der Waals surface area contributed by atoms with Gasteiger partial charge >= 0.3 is 0 Å². The van der Waals surface area contributed by atoms with Crippen LogP contribution in [0.2, 0.25) is 0 Å². The summed E-state index contributed by atoms with van der Waals surface area (Å²) >= 11 is 0. The van der Waals surface area contributed by atoms with E-state index in [1.54, 1.807) is 11.6 Å². The van der Waals surface area contributed by atoms with Gasteiger partial charge in [-0.15, -0.1) is 5.10 Å². The lowest BCUT2D eigenvalue weighted by atomic mass is 10.2. The first-order valence-corrected chi connectivity index (χ1v) is 9.36. The average Bonchev–Trinajstić information content (AvgIpc) is 3.24. The van der Waals surface area contributed by atoms with Gasteiger partial charge in [0.1, 0.15) is 5.75 Å². The minimum absolute atomic E-state index is 0.698. The van der Waals surface area contributed by atoms with Gasteiger partial charge in [0.15, 0.2) is 5.82 Å². The van der Waals surface area contributed by atoms with E-state index in [9.17, 15) is 0 Å². The van der Waals surface area contributed by atoms with Crippen molar-refractivity contribution in [1.82, 2.24) is 25.0 Å². The molecule has 1 fully saturated rings. The summed E-state index contributed by atoms with van der Waals surface area (Å²) in [6, 6.07) is 14.3. The van der Waals surface area contributed by atoms with Gasteiger partial charge in [0.2, 0.25) is 5.65 Å². The number of para-hydroxylation sites is 2. The molecule has 3 heterocycles. The number of fused-ring (bicyclic) bond motifs is 3. The molecule has 1 aliphatic rings. The summed E-state index contributed by atoms with van der Waals surface area (Å²) < 4.78 is 7.31.